The van der Waals surface area contributed by atoms with E-state index in [4.69, 9.17) is 34.3 Å². The second kappa shape index (κ2) is 6.18. The van der Waals surface area contributed by atoms with Crippen LogP contribution < -0.4 is 10.5 Å². The highest BCUT2D eigenvalue weighted by molar-refractivity contribution is 7.89. The summed E-state index contributed by atoms with van der Waals surface area (Å²) in [5.41, 5.74) is 5.50. The molecule has 0 radical (unpaired) electrons. The van der Waals surface area contributed by atoms with Gasteiger partial charge in [0.15, 0.2) is 0 Å². The average Bonchev–Trinajstić information content (AvgIpc) is 2.84. The maximum atomic E-state index is 12.3. The molecular formula is C13H17ClN2O3S2. The predicted octanol–water partition coefficient (Wildman–Crippen LogP) is 1.82. The lowest BCUT2D eigenvalue weighted by atomic mass is 10.0. The monoisotopic (exact) mass is 348 g/mol. The Labute approximate surface area is 134 Å². The van der Waals surface area contributed by atoms with Gasteiger partial charge in [-0.3, -0.25) is 0 Å². The summed E-state index contributed by atoms with van der Waals surface area (Å²) < 4.78 is 32.7. The van der Waals surface area contributed by atoms with E-state index in [9.17, 15) is 8.42 Å². The summed E-state index contributed by atoms with van der Waals surface area (Å²) in [6.45, 7) is 2.78. The Morgan fingerprint density at radius 1 is 1.57 bits per heavy atom. The number of halogens is 1. The Hall–Kier alpha value is -0.730. The van der Waals surface area contributed by atoms with Gasteiger partial charge in [0.1, 0.15) is 4.99 Å². The number of hydrogen-bond donors (Lipinski definition) is 2. The molecule has 0 spiro atoms. The lowest BCUT2D eigenvalue weighted by molar-refractivity contribution is 0.0250. The fourth-order valence-electron chi connectivity index (χ4n) is 2.17. The minimum Gasteiger partial charge on any atom is -0.389 e. The first-order chi connectivity index (χ1) is 9.73. The summed E-state index contributed by atoms with van der Waals surface area (Å²) in [5, 5.41) is 0.216. The zero-order chi connectivity index (χ0) is 15.7. The average molecular weight is 349 g/mol. The van der Waals surface area contributed by atoms with Crippen molar-refractivity contribution >= 4 is 38.8 Å². The van der Waals surface area contributed by atoms with Gasteiger partial charge >= 0.3 is 0 Å². The van der Waals surface area contributed by atoms with Gasteiger partial charge in [-0.05, 0) is 38.0 Å². The molecule has 116 valence electrons. The van der Waals surface area contributed by atoms with Gasteiger partial charge in [0.2, 0.25) is 10.0 Å². The molecule has 2 rings (SSSR count). The van der Waals surface area contributed by atoms with Crippen LogP contribution in [-0.2, 0) is 14.8 Å². The van der Waals surface area contributed by atoms with E-state index in [-0.39, 0.29) is 21.5 Å². The van der Waals surface area contributed by atoms with Crippen LogP contribution in [-0.4, -0.2) is 32.2 Å². The number of rotatable bonds is 5. The standard InChI is InChI=1S/C13H17ClN2O3S2/c1-13(5-2-6-19-13)8-16-21(17,18)9-3-4-10(12(15)20)11(14)7-9/h3-4,7,16H,2,5-6,8H2,1H3,(H2,15,20). The molecule has 1 aliphatic heterocycles. The van der Waals surface area contributed by atoms with E-state index >= 15 is 0 Å². The maximum absolute atomic E-state index is 12.3. The van der Waals surface area contributed by atoms with Gasteiger partial charge in [0.05, 0.1) is 15.5 Å². The zero-order valence-electron chi connectivity index (χ0n) is 11.6. The summed E-state index contributed by atoms with van der Waals surface area (Å²) in [5.74, 6) is 0. The molecule has 3 N–H and O–H groups in total. The number of nitrogens with two attached hydrogens (primary N) is 1. The van der Waals surface area contributed by atoms with Crippen LogP contribution in [0.4, 0.5) is 0 Å². The highest BCUT2D eigenvalue weighted by atomic mass is 35.5. The topological polar surface area (TPSA) is 81.4 Å². The van der Waals surface area contributed by atoms with E-state index in [1.807, 2.05) is 6.92 Å². The van der Waals surface area contributed by atoms with Crippen molar-refractivity contribution in [2.45, 2.75) is 30.3 Å². The molecule has 0 bridgehead atoms. The lowest BCUT2D eigenvalue weighted by Gasteiger charge is -2.23. The largest absolute Gasteiger partial charge is 0.389 e. The van der Waals surface area contributed by atoms with Crippen LogP contribution in [0.3, 0.4) is 0 Å². The van der Waals surface area contributed by atoms with Gasteiger partial charge in [0.25, 0.3) is 0 Å². The van der Waals surface area contributed by atoms with Gasteiger partial charge in [-0.25, -0.2) is 13.1 Å². The van der Waals surface area contributed by atoms with Crippen LogP contribution in [0.25, 0.3) is 0 Å². The summed E-state index contributed by atoms with van der Waals surface area (Å²) in [7, 11) is -3.65. The smallest absolute Gasteiger partial charge is 0.240 e. The highest BCUT2D eigenvalue weighted by Gasteiger charge is 2.31. The minimum absolute atomic E-state index is 0.0779. The fourth-order valence-corrected chi connectivity index (χ4v) is 3.93. The number of thiocarbonyl (C=S) groups is 1. The number of ether oxygens (including phenoxy) is 1. The molecule has 8 heteroatoms. The molecule has 1 aromatic carbocycles. The minimum atomic E-state index is -3.65. The molecular weight excluding hydrogens is 332 g/mol. The number of nitrogens with one attached hydrogen (secondary N) is 1. The van der Waals surface area contributed by atoms with Gasteiger partial charge in [-0.1, -0.05) is 23.8 Å². The van der Waals surface area contributed by atoms with Crippen LogP contribution in [0.15, 0.2) is 23.1 Å². The molecule has 0 aromatic heterocycles. The van der Waals surface area contributed by atoms with Crippen molar-refractivity contribution in [1.82, 2.24) is 4.72 Å². The van der Waals surface area contributed by atoms with Crippen LogP contribution in [0.5, 0.6) is 0 Å². The normalized spacial score (nSPS) is 22.4. The molecule has 1 aromatic rings. The number of benzene rings is 1. The summed E-state index contributed by atoms with van der Waals surface area (Å²) >= 11 is 10.8. The Morgan fingerprint density at radius 2 is 2.29 bits per heavy atom. The highest BCUT2D eigenvalue weighted by Crippen LogP contribution is 2.25. The van der Waals surface area contributed by atoms with Crippen molar-refractivity contribution in [3.05, 3.63) is 28.8 Å². The molecule has 21 heavy (non-hydrogen) atoms. The Bertz CT molecular complexity index is 655. The SMILES string of the molecule is CC1(CNS(=O)(=O)c2ccc(C(N)=S)c(Cl)c2)CCCO1. The van der Waals surface area contributed by atoms with Crippen molar-refractivity contribution in [2.24, 2.45) is 5.73 Å². The first-order valence-corrected chi connectivity index (χ1v) is 8.73. The molecule has 1 unspecified atom stereocenters. The lowest BCUT2D eigenvalue weighted by Crippen LogP contribution is -2.40. The van der Waals surface area contributed by atoms with Gasteiger partial charge < -0.3 is 10.5 Å². The van der Waals surface area contributed by atoms with Crippen LogP contribution >= 0.6 is 23.8 Å². The molecule has 0 aliphatic carbocycles. The van der Waals surface area contributed by atoms with Crippen LogP contribution in [0.1, 0.15) is 25.3 Å². The second-order valence-electron chi connectivity index (χ2n) is 5.23. The van der Waals surface area contributed by atoms with E-state index in [2.05, 4.69) is 4.72 Å². The fraction of sp³-hybridized carbons (Fsp3) is 0.462. The van der Waals surface area contributed by atoms with E-state index < -0.39 is 15.6 Å². The molecule has 1 fully saturated rings. The molecule has 1 saturated heterocycles. The summed E-state index contributed by atoms with van der Waals surface area (Å²) in [6.07, 6.45) is 1.77. The second-order valence-corrected chi connectivity index (χ2v) is 7.85. The third kappa shape index (κ3) is 3.92. The van der Waals surface area contributed by atoms with E-state index in [1.54, 1.807) is 0 Å². The Kier molecular flexibility index (Phi) is 4.89. The van der Waals surface area contributed by atoms with Crippen molar-refractivity contribution in [2.75, 3.05) is 13.2 Å². The van der Waals surface area contributed by atoms with Crippen molar-refractivity contribution in [3.63, 3.8) is 0 Å². The van der Waals surface area contributed by atoms with E-state index in [0.717, 1.165) is 12.8 Å². The molecule has 5 nitrogen and oxygen atoms in total. The first kappa shape index (κ1) is 16.6. The summed E-state index contributed by atoms with van der Waals surface area (Å²) in [6, 6.07) is 4.28. The van der Waals surface area contributed by atoms with Gasteiger partial charge in [-0.2, -0.15) is 0 Å². The number of hydrogen-bond acceptors (Lipinski definition) is 4. The van der Waals surface area contributed by atoms with E-state index in [1.165, 1.54) is 18.2 Å². The van der Waals surface area contributed by atoms with E-state index in [0.29, 0.717) is 12.2 Å². The third-order valence-corrected chi connectivity index (χ3v) is 5.38. The molecule has 1 aliphatic rings. The summed E-state index contributed by atoms with van der Waals surface area (Å²) in [4.78, 5) is 0.206. The molecule has 1 atom stereocenters. The van der Waals surface area contributed by atoms with Crippen molar-refractivity contribution in [1.29, 1.82) is 0 Å². The third-order valence-electron chi connectivity index (χ3n) is 3.45. The van der Waals surface area contributed by atoms with Gasteiger partial charge in [-0.15, -0.1) is 0 Å². The zero-order valence-corrected chi connectivity index (χ0v) is 13.9. The molecule has 0 saturated carbocycles. The maximum Gasteiger partial charge on any atom is 0.240 e. The number of sulfonamides is 1. The quantitative estimate of drug-likeness (QED) is 0.793. The Morgan fingerprint density at radius 3 is 2.81 bits per heavy atom. The molecule has 0 amide bonds. The molecule has 1 heterocycles. The predicted molar refractivity (Wildman–Crippen MR) is 86.1 cm³/mol. The van der Waals surface area contributed by atoms with Crippen molar-refractivity contribution in [3.8, 4) is 0 Å². The van der Waals surface area contributed by atoms with Crippen LogP contribution in [0.2, 0.25) is 5.02 Å². The van der Waals surface area contributed by atoms with Gasteiger partial charge in [0, 0.05) is 18.7 Å². The Balaban J connectivity index is 2.16. The van der Waals surface area contributed by atoms with Crippen LogP contribution in [0, 0.1) is 0 Å². The van der Waals surface area contributed by atoms with Crippen molar-refractivity contribution < 1.29 is 13.2 Å². The first-order valence-electron chi connectivity index (χ1n) is 6.46.